The Morgan fingerprint density at radius 3 is 2.29 bits per heavy atom. The molecule has 0 atom stereocenters. The second kappa shape index (κ2) is 10.5. The Morgan fingerprint density at radius 2 is 1.68 bits per heavy atom. The van der Waals surface area contributed by atoms with Crippen LogP contribution in [0.5, 0.6) is 0 Å². The van der Waals surface area contributed by atoms with E-state index in [1.165, 1.54) is 0 Å². The van der Waals surface area contributed by atoms with Crippen LogP contribution in [0.25, 0.3) is 0 Å². The number of nitrogens with one attached hydrogen (secondary N) is 3. The van der Waals surface area contributed by atoms with Crippen molar-refractivity contribution in [2.75, 3.05) is 55.7 Å². The molecule has 7 N–H and O–H groups in total. The zero-order chi connectivity index (χ0) is 22.4. The molecule has 3 rings (SSSR count). The quantitative estimate of drug-likeness (QED) is 0.253. The van der Waals surface area contributed by atoms with E-state index in [0.29, 0.717) is 71.9 Å². The van der Waals surface area contributed by atoms with Crippen molar-refractivity contribution in [2.45, 2.75) is 0 Å². The Bertz CT molecular complexity index is 929. The van der Waals surface area contributed by atoms with E-state index in [9.17, 15) is 9.59 Å². The molecule has 2 aromatic rings. The highest BCUT2D eigenvalue weighted by molar-refractivity contribution is 6.35. The van der Waals surface area contributed by atoms with Gasteiger partial charge in [-0.15, -0.1) is 0 Å². The van der Waals surface area contributed by atoms with Gasteiger partial charge in [0.15, 0.2) is 0 Å². The molecule has 0 saturated carbocycles. The number of urea groups is 1. The summed E-state index contributed by atoms with van der Waals surface area (Å²) in [5, 5.41) is 6.62. The number of nitrogens with two attached hydrogens (primary N) is 2. The van der Waals surface area contributed by atoms with Crippen LogP contribution >= 0.6 is 23.2 Å². The van der Waals surface area contributed by atoms with E-state index in [4.69, 9.17) is 34.8 Å². The van der Waals surface area contributed by atoms with Crippen LogP contribution in [0, 0.1) is 0 Å². The summed E-state index contributed by atoms with van der Waals surface area (Å²) in [6, 6.07) is 9.61. The van der Waals surface area contributed by atoms with Crippen LogP contribution in [0.15, 0.2) is 36.4 Å². The number of benzene rings is 2. The Morgan fingerprint density at radius 1 is 1.00 bits per heavy atom. The monoisotopic (exact) mass is 465 g/mol. The number of carbonyl (C=O) groups excluding carboxylic acids is 2. The van der Waals surface area contributed by atoms with Crippen LogP contribution in [-0.2, 0) is 0 Å². The maximum absolute atomic E-state index is 12.5. The molecule has 0 spiro atoms. The second-order valence-corrected chi connectivity index (χ2v) is 7.99. The lowest BCUT2D eigenvalue weighted by Crippen LogP contribution is -2.51. The number of amides is 3. The van der Waals surface area contributed by atoms with Crippen molar-refractivity contribution in [3.8, 4) is 0 Å². The Hall–Kier alpha value is -2.72. The van der Waals surface area contributed by atoms with Gasteiger partial charge in [0.25, 0.3) is 5.91 Å². The predicted molar refractivity (Wildman–Crippen MR) is 124 cm³/mol. The molecule has 0 radical (unpaired) electrons. The van der Waals surface area contributed by atoms with Gasteiger partial charge in [-0.2, -0.15) is 0 Å². The first-order valence-electron chi connectivity index (χ1n) is 9.74. The molecule has 1 heterocycles. The molecule has 1 aliphatic rings. The van der Waals surface area contributed by atoms with E-state index in [0.717, 1.165) is 0 Å². The molecule has 0 aromatic heterocycles. The minimum Gasteiger partial charge on any atom is -0.397 e. The fourth-order valence-electron chi connectivity index (χ4n) is 3.27. The average Bonchev–Trinajstić information content (AvgIpc) is 2.73. The Labute approximate surface area is 190 Å². The summed E-state index contributed by atoms with van der Waals surface area (Å²) in [6.45, 7) is 3.76. The van der Waals surface area contributed by atoms with Crippen molar-refractivity contribution in [2.24, 2.45) is 5.84 Å². The molecular weight excluding hydrogens is 441 g/mol. The van der Waals surface area contributed by atoms with Gasteiger partial charge in [-0.25, -0.2) is 4.79 Å². The summed E-state index contributed by atoms with van der Waals surface area (Å²) in [5.41, 5.74) is 10.3. The van der Waals surface area contributed by atoms with E-state index in [1.54, 1.807) is 41.3 Å². The molecule has 9 nitrogen and oxygen atoms in total. The highest BCUT2D eigenvalue weighted by Crippen LogP contribution is 2.23. The average molecular weight is 466 g/mol. The minimum absolute atomic E-state index is 0.195. The third kappa shape index (κ3) is 6.38. The lowest BCUT2D eigenvalue weighted by molar-refractivity contribution is 0.0942. The van der Waals surface area contributed by atoms with Gasteiger partial charge >= 0.3 is 6.03 Å². The van der Waals surface area contributed by atoms with Crippen LogP contribution in [0.3, 0.4) is 0 Å². The lowest BCUT2D eigenvalue weighted by Gasteiger charge is -2.34. The van der Waals surface area contributed by atoms with Crippen LogP contribution in [0.1, 0.15) is 10.4 Å². The first-order valence-corrected chi connectivity index (χ1v) is 10.5. The van der Waals surface area contributed by atoms with Crippen molar-refractivity contribution in [3.63, 3.8) is 0 Å². The molecule has 0 bridgehead atoms. The van der Waals surface area contributed by atoms with Gasteiger partial charge in [0, 0.05) is 60.6 Å². The number of hydrogen-bond donors (Lipinski definition) is 5. The minimum atomic E-state index is -0.200. The van der Waals surface area contributed by atoms with E-state index in [-0.39, 0.29) is 11.9 Å². The summed E-state index contributed by atoms with van der Waals surface area (Å²) >= 11 is 11.9. The first kappa shape index (κ1) is 23.0. The van der Waals surface area contributed by atoms with Gasteiger partial charge in [-0.05, 0) is 36.4 Å². The molecule has 0 unspecified atom stereocenters. The summed E-state index contributed by atoms with van der Waals surface area (Å²) in [7, 11) is 0. The normalized spacial score (nSPS) is 14.2. The van der Waals surface area contributed by atoms with E-state index in [2.05, 4.69) is 21.0 Å². The second-order valence-electron chi connectivity index (χ2n) is 7.12. The number of hydrogen-bond acceptors (Lipinski definition) is 6. The molecule has 1 fully saturated rings. The number of rotatable bonds is 6. The Kier molecular flexibility index (Phi) is 7.80. The van der Waals surface area contributed by atoms with Gasteiger partial charge in [-0.1, -0.05) is 23.2 Å². The number of nitrogen functional groups attached to an aromatic ring is 2. The molecule has 1 aliphatic heterocycles. The molecule has 11 heteroatoms. The molecular formula is C20H25Cl2N7O2. The summed E-state index contributed by atoms with van der Waals surface area (Å²) in [4.78, 5) is 28.7. The van der Waals surface area contributed by atoms with Crippen molar-refractivity contribution in [3.05, 3.63) is 52.0 Å². The van der Waals surface area contributed by atoms with Crippen LogP contribution in [-0.4, -0.2) is 61.0 Å². The number of halogens is 2. The van der Waals surface area contributed by atoms with Gasteiger partial charge in [0.2, 0.25) is 0 Å². The van der Waals surface area contributed by atoms with Crippen LogP contribution in [0.2, 0.25) is 10.0 Å². The van der Waals surface area contributed by atoms with E-state index < -0.39 is 0 Å². The van der Waals surface area contributed by atoms with Gasteiger partial charge in [-0.3, -0.25) is 15.5 Å². The number of piperazine rings is 1. The largest absolute Gasteiger partial charge is 0.397 e. The number of carbonyl (C=O) groups is 2. The lowest BCUT2D eigenvalue weighted by atomic mass is 10.1. The van der Waals surface area contributed by atoms with Gasteiger partial charge < -0.3 is 26.7 Å². The van der Waals surface area contributed by atoms with Crippen molar-refractivity contribution in [1.29, 1.82) is 0 Å². The maximum atomic E-state index is 12.5. The summed E-state index contributed by atoms with van der Waals surface area (Å²) < 4.78 is 0. The van der Waals surface area contributed by atoms with Crippen molar-refractivity contribution < 1.29 is 9.59 Å². The van der Waals surface area contributed by atoms with Crippen LogP contribution < -0.4 is 27.6 Å². The molecule has 31 heavy (non-hydrogen) atoms. The molecule has 2 aromatic carbocycles. The zero-order valence-corrected chi connectivity index (χ0v) is 18.3. The zero-order valence-electron chi connectivity index (χ0n) is 16.8. The van der Waals surface area contributed by atoms with E-state index in [1.807, 2.05) is 0 Å². The summed E-state index contributed by atoms with van der Waals surface area (Å²) in [6.07, 6.45) is 0. The highest BCUT2D eigenvalue weighted by atomic mass is 35.5. The topological polar surface area (TPSA) is 129 Å². The molecule has 1 saturated heterocycles. The van der Waals surface area contributed by atoms with Crippen LogP contribution in [0.4, 0.5) is 21.9 Å². The third-order valence-electron chi connectivity index (χ3n) is 4.96. The maximum Gasteiger partial charge on any atom is 0.321 e. The first-order chi connectivity index (χ1) is 14.9. The summed E-state index contributed by atoms with van der Waals surface area (Å²) in [5.74, 6) is 5.14. The smallest absolute Gasteiger partial charge is 0.321 e. The number of nitrogens with zero attached hydrogens (tertiary/aromatic N) is 2. The van der Waals surface area contributed by atoms with Gasteiger partial charge in [0.1, 0.15) is 0 Å². The SMILES string of the molecule is NNc1ccc(C(=O)NCCN2CCN(C(=O)Nc3cc(Cl)cc(Cl)c3)CC2)cc1N. The molecule has 0 aliphatic carbocycles. The standard InChI is InChI=1S/C20H25Cl2N7O2/c21-14-10-15(22)12-16(11-14)26-20(31)29-7-5-28(6-8-29)4-3-25-19(30)13-1-2-18(27-24)17(23)9-13/h1-2,9-12,27H,3-8,23-24H2,(H,25,30)(H,26,31). The van der Waals surface area contributed by atoms with E-state index >= 15 is 0 Å². The Balaban J connectivity index is 1.40. The fourth-order valence-corrected chi connectivity index (χ4v) is 3.79. The fraction of sp³-hybridized carbons (Fsp3) is 0.300. The van der Waals surface area contributed by atoms with Gasteiger partial charge in [0.05, 0.1) is 11.4 Å². The van der Waals surface area contributed by atoms with Crippen molar-refractivity contribution in [1.82, 2.24) is 15.1 Å². The molecule has 166 valence electrons. The predicted octanol–water partition coefficient (Wildman–Crippen LogP) is 2.44. The van der Waals surface area contributed by atoms with Crippen molar-refractivity contribution >= 4 is 52.2 Å². The third-order valence-corrected chi connectivity index (χ3v) is 5.39. The highest BCUT2D eigenvalue weighted by Gasteiger charge is 2.21. The number of hydrazine groups is 1. The molecule has 3 amide bonds. The number of anilines is 3.